The molecule has 2 fully saturated rings. The summed E-state index contributed by atoms with van der Waals surface area (Å²) in [5, 5.41) is 3.33. The normalized spacial score (nSPS) is 28.4. The molecular weight excluding hydrogens is 224 g/mol. The van der Waals surface area contributed by atoms with Crippen LogP contribution in [0.4, 0.5) is 0 Å². The molecule has 0 aromatic heterocycles. The summed E-state index contributed by atoms with van der Waals surface area (Å²) in [6.45, 7) is 7.07. The van der Waals surface area contributed by atoms with Crippen LogP contribution in [-0.4, -0.2) is 36.5 Å². The molecule has 2 unspecified atom stereocenters. The van der Waals surface area contributed by atoms with Crippen molar-refractivity contribution >= 4 is 5.91 Å². The van der Waals surface area contributed by atoms with Gasteiger partial charge in [-0.05, 0) is 50.5 Å². The number of rotatable bonds is 6. The quantitative estimate of drug-likeness (QED) is 0.787. The van der Waals surface area contributed by atoms with E-state index in [1.807, 2.05) is 0 Å². The fourth-order valence-corrected chi connectivity index (χ4v) is 3.10. The fraction of sp³-hybridized carbons (Fsp3) is 0.933. The third-order valence-corrected chi connectivity index (χ3v) is 4.43. The summed E-state index contributed by atoms with van der Waals surface area (Å²) in [6.07, 6.45) is 7.49. The number of hydrogen-bond acceptors (Lipinski definition) is 2. The average molecular weight is 252 g/mol. The molecule has 1 aliphatic heterocycles. The first-order valence-electron chi connectivity index (χ1n) is 7.72. The lowest BCUT2D eigenvalue weighted by Gasteiger charge is -2.40. The summed E-state index contributed by atoms with van der Waals surface area (Å²) >= 11 is 0. The van der Waals surface area contributed by atoms with Crippen molar-refractivity contribution in [2.75, 3.05) is 19.6 Å². The minimum absolute atomic E-state index is 0.320. The number of carbonyl (C=O) groups excluding carboxylic acids is 1. The van der Waals surface area contributed by atoms with Crippen LogP contribution in [0.2, 0.25) is 0 Å². The predicted molar refractivity (Wildman–Crippen MR) is 74.4 cm³/mol. The van der Waals surface area contributed by atoms with Crippen LogP contribution in [0.1, 0.15) is 52.4 Å². The van der Waals surface area contributed by atoms with Gasteiger partial charge in [0.05, 0.1) is 6.54 Å². The van der Waals surface area contributed by atoms with Crippen molar-refractivity contribution in [3.63, 3.8) is 0 Å². The van der Waals surface area contributed by atoms with Gasteiger partial charge in [0.1, 0.15) is 0 Å². The molecule has 2 atom stereocenters. The monoisotopic (exact) mass is 252 g/mol. The van der Waals surface area contributed by atoms with Crippen molar-refractivity contribution in [1.82, 2.24) is 10.2 Å². The predicted octanol–water partition coefficient (Wildman–Crippen LogP) is 2.41. The van der Waals surface area contributed by atoms with Crippen molar-refractivity contribution in [3.05, 3.63) is 0 Å². The molecule has 1 saturated heterocycles. The van der Waals surface area contributed by atoms with Crippen LogP contribution in [0.3, 0.4) is 0 Å². The summed E-state index contributed by atoms with van der Waals surface area (Å²) in [5.41, 5.74) is 0. The second kappa shape index (κ2) is 6.55. The Morgan fingerprint density at radius 2 is 2.11 bits per heavy atom. The van der Waals surface area contributed by atoms with E-state index in [0.717, 1.165) is 25.4 Å². The molecule has 0 spiro atoms. The third kappa shape index (κ3) is 3.71. The van der Waals surface area contributed by atoms with Gasteiger partial charge in [0.25, 0.3) is 0 Å². The average Bonchev–Trinajstić information content (AvgIpc) is 3.16. The van der Waals surface area contributed by atoms with Crippen molar-refractivity contribution < 1.29 is 4.79 Å². The number of carbonyl (C=O) groups is 1. The van der Waals surface area contributed by atoms with E-state index in [1.165, 1.54) is 32.1 Å². The Morgan fingerprint density at radius 3 is 2.78 bits per heavy atom. The Kier molecular flexibility index (Phi) is 5.04. The summed E-state index contributed by atoms with van der Waals surface area (Å²) in [6, 6.07) is 0.485. The van der Waals surface area contributed by atoms with Gasteiger partial charge >= 0.3 is 0 Å². The van der Waals surface area contributed by atoms with Crippen molar-refractivity contribution in [1.29, 1.82) is 0 Å². The van der Waals surface area contributed by atoms with E-state index < -0.39 is 0 Å². The molecule has 2 rings (SSSR count). The molecule has 0 radical (unpaired) electrons. The van der Waals surface area contributed by atoms with Crippen LogP contribution in [0, 0.1) is 11.8 Å². The van der Waals surface area contributed by atoms with E-state index in [-0.39, 0.29) is 0 Å². The standard InChI is InChI=1S/C15H28N2O/c1-3-5-14-12(2)6-4-9-17(14)15(18)11-16-10-13-7-8-13/h12-14,16H,3-11H2,1-2H3. The highest BCUT2D eigenvalue weighted by atomic mass is 16.2. The molecule has 0 bridgehead atoms. The topological polar surface area (TPSA) is 32.3 Å². The van der Waals surface area contributed by atoms with Crippen LogP contribution >= 0.6 is 0 Å². The molecule has 0 aromatic carbocycles. The molecular formula is C15H28N2O. The highest BCUT2D eigenvalue weighted by molar-refractivity contribution is 5.78. The maximum absolute atomic E-state index is 12.3. The number of nitrogens with zero attached hydrogens (tertiary/aromatic N) is 1. The number of likely N-dealkylation sites (tertiary alicyclic amines) is 1. The maximum atomic E-state index is 12.3. The van der Waals surface area contributed by atoms with Crippen LogP contribution < -0.4 is 5.32 Å². The Morgan fingerprint density at radius 1 is 1.33 bits per heavy atom. The zero-order valence-electron chi connectivity index (χ0n) is 12.0. The molecule has 1 heterocycles. The van der Waals surface area contributed by atoms with Gasteiger partial charge in [-0.15, -0.1) is 0 Å². The van der Waals surface area contributed by atoms with Crippen molar-refractivity contribution in [3.8, 4) is 0 Å². The Labute approximate surface area is 111 Å². The molecule has 0 aromatic rings. The molecule has 3 nitrogen and oxygen atoms in total. The highest BCUT2D eigenvalue weighted by Gasteiger charge is 2.31. The van der Waals surface area contributed by atoms with Crippen molar-refractivity contribution in [2.45, 2.75) is 58.4 Å². The van der Waals surface area contributed by atoms with Gasteiger partial charge in [-0.1, -0.05) is 20.3 Å². The summed E-state index contributed by atoms with van der Waals surface area (Å²) in [7, 11) is 0. The van der Waals surface area contributed by atoms with E-state index in [1.54, 1.807) is 0 Å². The zero-order valence-corrected chi connectivity index (χ0v) is 12.0. The molecule has 18 heavy (non-hydrogen) atoms. The Balaban J connectivity index is 1.80. The minimum Gasteiger partial charge on any atom is -0.338 e. The van der Waals surface area contributed by atoms with E-state index in [2.05, 4.69) is 24.1 Å². The molecule has 104 valence electrons. The molecule has 2 aliphatic rings. The van der Waals surface area contributed by atoms with Crippen LogP contribution in [0.5, 0.6) is 0 Å². The summed E-state index contributed by atoms with van der Waals surface area (Å²) < 4.78 is 0. The van der Waals surface area contributed by atoms with E-state index in [9.17, 15) is 4.79 Å². The third-order valence-electron chi connectivity index (χ3n) is 4.43. The SMILES string of the molecule is CCCC1C(C)CCCN1C(=O)CNCC1CC1. The smallest absolute Gasteiger partial charge is 0.236 e. The molecule has 1 amide bonds. The van der Waals surface area contributed by atoms with Gasteiger partial charge in [0, 0.05) is 12.6 Å². The second-order valence-corrected chi connectivity index (χ2v) is 6.14. The zero-order chi connectivity index (χ0) is 13.0. The van der Waals surface area contributed by atoms with Crippen LogP contribution in [0.25, 0.3) is 0 Å². The largest absolute Gasteiger partial charge is 0.338 e. The number of amides is 1. The molecule has 3 heteroatoms. The van der Waals surface area contributed by atoms with Crippen LogP contribution in [-0.2, 0) is 4.79 Å². The van der Waals surface area contributed by atoms with Gasteiger partial charge in [0.15, 0.2) is 0 Å². The first-order valence-corrected chi connectivity index (χ1v) is 7.72. The first kappa shape index (κ1) is 13.9. The fourth-order valence-electron chi connectivity index (χ4n) is 3.10. The number of hydrogen-bond donors (Lipinski definition) is 1. The summed E-state index contributed by atoms with van der Waals surface area (Å²) in [4.78, 5) is 14.4. The van der Waals surface area contributed by atoms with Gasteiger partial charge in [-0.3, -0.25) is 4.79 Å². The second-order valence-electron chi connectivity index (χ2n) is 6.14. The van der Waals surface area contributed by atoms with E-state index in [4.69, 9.17) is 0 Å². The van der Waals surface area contributed by atoms with E-state index >= 15 is 0 Å². The molecule has 1 saturated carbocycles. The highest BCUT2D eigenvalue weighted by Crippen LogP contribution is 2.28. The minimum atomic E-state index is 0.320. The summed E-state index contributed by atoms with van der Waals surface area (Å²) in [5.74, 6) is 1.84. The van der Waals surface area contributed by atoms with Crippen molar-refractivity contribution in [2.24, 2.45) is 11.8 Å². The number of nitrogens with one attached hydrogen (secondary N) is 1. The Bertz CT molecular complexity index is 276. The number of piperidine rings is 1. The lowest BCUT2D eigenvalue weighted by Crippen LogP contribution is -2.50. The lowest BCUT2D eigenvalue weighted by atomic mass is 9.88. The maximum Gasteiger partial charge on any atom is 0.236 e. The van der Waals surface area contributed by atoms with Gasteiger partial charge in [-0.25, -0.2) is 0 Å². The van der Waals surface area contributed by atoms with Crippen LogP contribution in [0.15, 0.2) is 0 Å². The van der Waals surface area contributed by atoms with Gasteiger partial charge in [-0.2, -0.15) is 0 Å². The molecule has 1 aliphatic carbocycles. The lowest BCUT2D eigenvalue weighted by molar-refractivity contribution is -0.135. The van der Waals surface area contributed by atoms with E-state index in [0.29, 0.717) is 24.4 Å². The first-order chi connectivity index (χ1) is 8.72. The molecule has 1 N–H and O–H groups in total. The van der Waals surface area contributed by atoms with Gasteiger partial charge in [0.2, 0.25) is 5.91 Å². The van der Waals surface area contributed by atoms with Gasteiger partial charge < -0.3 is 10.2 Å². The Hall–Kier alpha value is -0.570.